The van der Waals surface area contributed by atoms with Gasteiger partial charge in [-0.3, -0.25) is 14.6 Å². The molecule has 8 heteroatoms. The fourth-order valence-corrected chi connectivity index (χ4v) is 4.95. The van der Waals surface area contributed by atoms with Crippen molar-refractivity contribution in [2.45, 2.75) is 51.4 Å². The van der Waals surface area contributed by atoms with Gasteiger partial charge in [-0.2, -0.15) is 0 Å². The highest BCUT2D eigenvalue weighted by Crippen LogP contribution is 2.37. The zero-order valence-electron chi connectivity index (χ0n) is 19.2. The lowest BCUT2D eigenvalue weighted by molar-refractivity contribution is -0.763. The number of fused-ring (bicyclic) bond motifs is 3. The normalized spacial score (nSPS) is 14.5. The highest BCUT2D eigenvalue weighted by Gasteiger charge is 2.44. The lowest BCUT2D eigenvalue weighted by Crippen LogP contribution is -2.60. The van der Waals surface area contributed by atoms with E-state index >= 15 is 0 Å². The van der Waals surface area contributed by atoms with E-state index in [1.807, 2.05) is 55.5 Å². The van der Waals surface area contributed by atoms with Crippen molar-refractivity contribution in [2.75, 3.05) is 17.3 Å². The average Bonchev–Trinajstić information content (AvgIpc) is 2.81. The molecule has 0 saturated carbocycles. The predicted molar refractivity (Wildman–Crippen MR) is 130 cm³/mol. The molecular weight excluding hydrogens is 436 g/mol. The average molecular weight is 466 g/mol. The molecular formula is C25H29N4O3S+. The van der Waals surface area contributed by atoms with E-state index in [1.165, 1.54) is 18.7 Å². The Labute approximate surface area is 197 Å². The number of carbonyl (C=O) groups is 1. The van der Waals surface area contributed by atoms with Gasteiger partial charge in [0.15, 0.2) is 0 Å². The van der Waals surface area contributed by atoms with E-state index in [4.69, 9.17) is 9.84 Å². The number of amides is 1. The molecule has 1 aliphatic rings. The number of anilines is 1. The van der Waals surface area contributed by atoms with Gasteiger partial charge in [-0.15, -0.1) is 0 Å². The summed E-state index contributed by atoms with van der Waals surface area (Å²) in [5.74, 6) is 1.50. The molecule has 33 heavy (non-hydrogen) atoms. The number of rotatable bonds is 8. The van der Waals surface area contributed by atoms with Crippen LogP contribution in [0, 0.1) is 0 Å². The quantitative estimate of drug-likeness (QED) is 0.305. The number of aromatic nitrogens is 3. The van der Waals surface area contributed by atoms with E-state index in [0.717, 1.165) is 36.3 Å². The molecule has 4 rings (SSSR count). The molecule has 1 aromatic heterocycles. The van der Waals surface area contributed by atoms with Crippen LogP contribution in [0.25, 0.3) is 11.3 Å². The first-order valence-electron chi connectivity index (χ1n) is 11.4. The monoisotopic (exact) mass is 465 g/mol. The van der Waals surface area contributed by atoms with Crippen molar-refractivity contribution in [1.29, 1.82) is 0 Å². The number of carbonyl (C=O) groups excluding carboxylic acids is 1. The van der Waals surface area contributed by atoms with Crippen LogP contribution in [-0.2, 0) is 4.79 Å². The molecule has 0 fully saturated rings. The Balaban J connectivity index is 1.87. The van der Waals surface area contributed by atoms with Crippen molar-refractivity contribution in [3.8, 4) is 17.0 Å². The van der Waals surface area contributed by atoms with E-state index < -0.39 is 6.17 Å². The first-order valence-corrected chi connectivity index (χ1v) is 12.3. The van der Waals surface area contributed by atoms with Crippen molar-refractivity contribution in [3.63, 3.8) is 0 Å². The van der Waals surface area contributed by atoms with Crippen molar-refractivity contribution >= 4 is 23.4 Å². The van der Waals surface area contributed by atoms with Crippen molar-refractivity contribution in [1.82, 2.24) is 10.1 Å². The number of nitrogens with one attached hydrogen (secondary N) is 1. The topological polar surface area (TPSA) is 79.2 Å². The minimum absolute atomic E-state index is 0.126. The number of nitrogens with zero attached hydrogens (tertiary/aromatic N) is 3. The second-order valence-corrected chi connectivity index (χ2v) is 8.97. The summed E-state index contributed by atoms with van der Waals surface area (Å²) in [4.78, 5) is 30.8. The van der Waals surface area contributed by atoms with Gasteiger partial charge in [0, 0.05) is 23.3 Å². The second-order valence-electron chi connectivity index (χ2n) is 7.89. The third kappa shape index (κ3) is 4.66. The van der Waals surface area contributed by atoms with Crippen LogP contribution in [-0.4, -0.2) is 28.3 Å². The Morgan fingerprint density at radius 2 is 1.91 bits per heavy atom. The number of H-pyrrole nitrogens is 1. The third-order valence-corrected chi connectivity index (χ3v) is 6.52. The lowest BCUT2D eigenvalue weighted by atomic mass is 10.0. The van der Waals surface area contributed by atoms with Gasteiger partial charge in [0.1, 0.15) is 5.75 Å². The maximum Gasteiger partial charge on any atom is 0.325 e. The molecule has 0 spiro atoms. The molecule has 7 nitrogen and oxygen atoms in total. The molecule has 172 valence electrons. The van der Waals surface area contributed by atoms with Gasteiger partial charge in [-0.05, 0) is 54.4 Å². The number of hydrogen-bond acceptors (Lipinski definition) is 5. The number of para-hydroxylation sites is 1. The highest BCUT2D eigenvalue weighted by atomic mass is 32.2. The van der Waals surface area contributed by atoms with Crippen LogP contribution in [0.15, 0.2) is 58.5 Å². The fraction of sp³-hybridized carbons (Fsp3) is 0.360. The Morgan fingerprint density at radius 3 is 2.61 bits per heavy atom. The van der Waals surface area contributed by atoms with E-state index in [1.54, 1.807) is 9.58 Å². The summed E-state index contributed by atoms with van der Waals surface area (Å²) in [6.07, 6.45) is 2.74. The number of unbranched alkanes of at least 4 members (excludes halogenated alkanes) is 2. The Bertz CT molecular complexity index is 1190. The Hall–Kier alpha value is -3.13. The fourth-order valence-electron chi connectivity index (χ4n) is 4.10. The first-order chi connectivity index (χ1) is 16.0. The molecule has 0 radical (unpaired) electrons. The van der Waals surface area contributed by atoms with Crippen LogP contribution in [0.1, 0.15) is 51.8 Å². The van der Waals surface area contributed by atoms with Crippen LogP contribution < -0.4 is 19.9 Å². The van der Waals surface area contributed by atoms with E-state index in [-0.39, 0.29) is 11.5 Å². The predicted octanol–water partition coefficient (Wildman–Crippen LogP) is 4.32. The summed E-state index contributed by atoms with van der Waals surface area (Å²) >= 11 is 1.53. The number of thioether (sulfide) groups is 1. The van der Waals surface area contributed by atoms with Gasteiger partial charge in [0.05, 0.1) is 17.9 Å². The summed E-state index contributed by atoms with van der Waals surface area (Å²) in [6.45, 7) is 6.21. The van der Waals surface area contributed by atoms with Crippen LogP contribution >= 0.6 is 11.8 Å². The summed E-state index contributed by atoms with van der Waals surface area (Å²) in [7, 11) is 0. The Kier molecular flexibility index (Phi) is 7.13. The van der Waals surface area contributed by atoms with Gasteiger partial charge in [0.25, 0.3) is 6.17 Å². The van der Waals surface area contributed by atoms with E-state index in [9.17, 15) is 9.59 Å². The molecule has 1 unspecified atom stereocenters. The zero-order valence-corrected chi connectivity index (χ0v) is 20.0. The van der Waals surface area contributed by atoms with Gasteiger partial charge >= 0.3 is 11.3 Å². The minimum Gasteiger partial charge on any atom is -0.494 e. The molecule has 0 bridgehead atoms. The van der Waals surface area contributed by atoms with Crippen molar-refractivity contribution in [3.05, 3.63) is 64.4 Å². The number of aromatic amines is 1. The Morgan fingerprint density at radius 1 is 1.15 bits per heavy atom. The standard InChI is InChI=1S/C25H28N4O3S/c1-4-6-9-16-33-25-26-23(31)22-20-10-7-8-11-21(20)28(17(3)30)24(29(22)27-25)18-12-14-19(15-13-18)32-5-2/h7-8,10-15,24H,4-6,9,16H2,1-3H3/p+1. The van der Waals surface area contributed by atoms with Gasteiger partial charge in [0.2, 0.25) is 11.1 Å². The summed E-state index contributed by atoms with van der Waals surface area (Å²) in [5, 5.41) is 5.37. The van der Waals surface area contributed by atoms with Gasteiger partial charge in [-0.25, -0.2) is 4.90 Å². The lowest BCUT2D eigenvalue weighted by Gasteiger charge is -2.31. The third-order valence-electron chi connectivity index (χ3n) is 5.57. The number of ether oxygens (including phenoxy) is 1. The molecule has 1 aliphatic heterocycles. The molecule has 1 atom stereocenters. The van der Waals surface area contributed by atoms with Crippen molar-refractivity contribution < 1.29 is 14.2 Å². The molecule has 0 aliphatic carbocycles. The first kappa shape index (κ1) is 23.0. The molecule has 2 aromatic carbocycles. The molecule has 0 saturated heterocycles. The van der Waals surface area contributed by atoms with Crippen LogP contribution in [0.3, 0.4) is 0 Å². The van der Waals surface area contributed by atoms with E-state index in [2.05, 4.69) is 11.9 Å². The largest absolute Gasteiger partial charge is 0.494 e. The summed E-state index contributed by atoms with van der Waals surface area (Å²) in [5.41, 5.74) is 2.45. The highest BCUT2D eigenvalue weighted by molar-refractivity contribution is 7.99. The zero-order chi connectivity index (χ0) is 23.4. The SMILES string of the molecule is CCCCCSc1n[n+]2c(c(=O)[nH]1)-c1ccccc1N(C(C)=O)C2c1ccc(OCC)cc1. The smallest absolute Gasteiger partial charge is 0.325 e. The summed E-state index contributed by atoms with van der Waals surface area (Å²) in [6, 6.07) is 15.1. The number of benzene rings is 2. The molecule has 1 amide bonds. The van der Waals surface area contributed by atoms with Crippen molar-refractivity contribution in [2.24, 2.45) is 0 Å². The molecule has 3 aromatic rings. The summed E-state index contributed by atoms with van der Waals surface area (Å²) < 4.78 is 7.28. The van der Waals surface area contributed by atoms with E-state index in [0.29, 0.717) is 28.7 Å². The number of hydrogen-bond donors (Lipinski definition) is 1. The van der Waals surface area contributed by atoms with Crippen LogP contribution in [0.2, 0.25) is 0 Å². The maximum atomic E-state index is 13.3. The maximum absolute atomic E-state index is 13.3. The molecule has 2 heterocycles. The van der Waals surface area contributed by atoms with Gasteiger partial charge in [-0.1, -0.05) is 43.7 Å². The van der Waals surface area contributed by atoms with Crippen LogP contribution in [0.4, 0.5) is 5.69 Å². The van der Waals surface area contributed by atoms with Crippen LogP contribution in [0.5, 0.6) is 5.75 Å². The van der Waals surface area contributed by atoms with Gasteiger partial charge < -0.3 is 4.74 Å². The minimum atomic E-state index is -0.583. The second kappa shape index (κ2) is 10.2. The molecule has 1 N–H and O–H groups in total.